The van der Waals surface area contributed by atoms with E-state index in [1.807, 2.05) is 22.7 Å². The summed E-state index contributed by atoms with van der Waals surface area (Å²) in [6.45, 7) is 0. The Morgan fingerprint density at radius 3 is 1.51 bits per heavy atom. The summed E-state index contributed by atoms with van der Waals surface area (Å²) in [5, 5.41) is 12.7. The highest BCUT2D eigenvalue weighted by Crippen LogP contribution is 2.53. The molecule has 1 atom stereocenters. The third-order valence-electron chi connectivity index (χ3n) is 14.2. The van der Waals surface area contributed by atoms with E-state index in [0.717, 1.165) is 17.8 Å². The van der Waals surface area contributed by atoms with Gasteiger partial charge in [0.2, 0.25) is 0 Å². The molecule has 0 amide bonds. The maximum absolute atomic E-state index is 2.61. The van der Waals surface area contributed by atoms with Crippen LogP contribution in [0, 0.1) is 0 Å². The van der Waals surface area contributed by atoms with Gasteiger partial charge in [0.25, 0.3) is 0 Å². The first-order valence-corrected chi connectivity index (χ1v) is 25.1. The molecule has 4 heteroatoms. The van der Waals surface area contributed by atoms with Gasteiger partial charge in [-0.25, -0.2) is 0 Å². The fourth-order valence-electron chi connectivity index (χ4n) is 11.1. The number of hydrogen-bond acceptors (Lipinski definition) is 4. The van der Waals surface area contributed by atoms with Crippen LogP contribution in [0.5, 0.6) is 0 Å². The van der Waals surface area contributed by atoms with Gasteiger partial charge >= 0.3 is 0 Å². The predicted octanol–water partition coefficient (Wildman–Crippen LogP) is 19.2. The van der Waals surface area contributed by atoms with Crippen molar-refractivity contribution < 1.29 is 0 Å². The summed E-state index contributed by atoms with van der Waals surface area (Å²) in [5.74, 6) is 0.172. The molecule has 0 fully saturated rings. The van der Waals surface area contributed by atoms with Crippen LogP contribution in [0.15, 0.2) is 242 Å². The molecule has 2 heterocycles. The summed E-state index contributed by atoms with van der Waals surface area (Å²) in [6, 6.07) is 81.2. The second-order valence-corrected chi connectivity index (χ2v) is 20.0. The summed E-state index contributed by atoms with van der Waals surface area (Å²) in [5.41, 5.74) is 10.8. The van der Waals surface area contributed by atoms with Crippen LogP contribution in [-0.4, -0.2) is 0 Å². The average molecular weight is 903 g/mol. The minimum Gasteiger partial charge on any atom is -0.312 e. The molecular formula is C64H42N2S2. The second kappa shape index (κ2) is 15.8. The molecule has 2 aromatic heterocycles. The molecule has 0 saturated carbocycles. The van der Waals surface area contributed by atoms with Gasteiger partial charge in [-0.15, -0.1) is 22.7 Å². The van der Waals surface area contributed by atoms with Gasteiger partial charge in [-0.2, -0.15) is 0 Å². The molecule has 14 rings (SSSR count). The van der Waals surface area contributed by atoms with E-state index in [1.165, 1.54) is 112 Å². The predicted molar refractivity (Wildman–Crippen MR) is 296 cm³/mol. The number of allylic oxidation sites excluding steroid dienone is 4. The number of fused-ring (bicyclic) bond motifs is 6. The van der Waals surface area contributed by atoms with Crippen molar-refractivity contribution in [3.05, 3.63) is 248 Å². The normalized spacial score (nSPS) is 14.0. The summed E-state index contributed by atoms with van der Waals surface area (Å²) >= 11 is 3.78. The van der Waals surface area contributed by atoms with Crippen molar-refractivity contribution >= 4 is 124 Å². The smallest absolute Gasteiger partial charge is 0.0640 e. The van der Waals surface area contributed by atoms with Gasteiger partial charge in [0.1, 0.15) is 0 Å². The topological polar surface area (TPSA) is 6.48 Å². The molecule has 1 unspecified atom stereocenters. The maximum atomic E-state index is 2.61. The first kappa shape index (κ1) is 39.2. The number of rotatable bonds is 8. The minimum atomic E-state index is 0.172. The van der Waals surface area contributed by atoms with Gasteiger partial charge in [0, 0.05) is 58.9 Å². The summed E-state index contributed by atoms with van der Waals surface area (Å²) < 4.78 is 5.17. The first-order chi connectivity index (χ1) is 33.8. The summed E-state index contributed by atoms with van der Waals surface area (Å²) in [4.78, 5) is 5.15. The van der Waals surface area contributed by atoms with Crippen molar-refractivity contribution in [3.8, 4) is 11.1 Å². The zero-order valence-electron chi connectivity index (χ0n) is 37.0. The molecule has 0 saturated heterocycles. The Morgan fingerprint density at radius 1 is 0.368 bits per heavy atom. The van der Waals surface area contributed by atoms with E-state index in [1.54, 1.807) is 0 Å². The van der Waals surface area contributed by atoms with Crippen LogP contribution in [0.1, 0.15) is 17.9 Å². The Balaban J connectivity index is 1.05. The molecule has 68 heavy (non-hydrogen) atoms. The van der Waals surface area contributed by atoms with Crippen molar-refractivity contribution in [1.29, 1.82) is 0 Å². The Hall–Kier alpha value is -8.02. The minimum absolute atomic E-state index is 0.172. The second-order valence-electron chi connectivity index (χ2n) is 17.9. The van der Waals surface area contributed by atoms with E-state index in [4.69, 9.17) is 0 Å². The van der Waals surface area contributed by atoms with E-state index < -0.39 is 0 Å². The molecular weight excluding hydrogens is 861 g/mol. The van der Waals surface area contributed by atoms with Crippen molar-refractivity contribution in [2.75, 3.05) is 9.80 Å². The molecule has 1 aliphatic carbocycles. The lowest BCUT2D eigenvalue weighted by atomic mass is 9.87. The average Bonchev–Trinajstić information content (AvgIpc) is 3.99. The molecule has 1 aliphatic rings. The number of thiophene rings is 2. The molecule has 0 bridgehead atoms. The lowest BCUT2D eigenvalue weighted by molar-refractivity contribution is 0.776. The van der Waals surface area contributed by atoms with E-state index in [0.29, 0.717) is 0 Å². The molecule has 0 aliphatic heterocycles. The molecule has 0 spiro atoms. The molecule has 11 aromatic carbocycles. The summed E-state index contributed by atoms with van der Waals surface area (Å²) in [6.07, 6.45) is 7.87. The highest BCUT2D eigenvalue weighted by molar-refractivity contribution is 7.26. The Bertz CT molecular complexity index is 4140. The lowest BCUT2D eigenvalue weighted by Crippen LogP contribution is -2.23. The van der Waals surface area contributed by atoms with Gasteiger partial charge in [-0.3, -0.25) is 0 Å². The van der Waals surface area contributed by atoms with Crippen molar-refractivity contribution in [1.82, 2.24) is 0 Å². The highest BCUT2D eigenvalue weighted by Gasteiger charge is 2.30. The molecule has 0 radical (unpaired) electrons. The third-order valence-corrected chi connectivity index (χ3v) is 16.6. The van der Waals surface area contributed by atoms with Crippen LogP contribution in [0.3, 0.4) is 0 Å². The van der Waals surface area contributed by atoms with Crippen LogP contribution in [-0.2, 0) is 0 Å². The van der Waals surface area contributed by atoms with Gasteiger partial charge in [0.15, 0.2) is 0 Å². The SMILES string of the molecule is C1=CCC(c2ccccc2)C(N(c2ccc3ccc4c(N(c5ccccc5-c5ccccc5)c5cccc6c5sc5ccccc56)ccc5ccc2c3c54)c2cccc3c2sc2ccccc23)=C1. The van der Waals surface area contributed by atoms with Crippen LogP contribution in [0.4, 0.5) is 28.4 Å². The zero-order chi connectivity index (χ0) is 44.7. The van der Waals surface area contributed by atoms with Crippen molar-refractivity contribution in [2.45, 2.75) is 12.3 Å². The lowest BCUT2D eigenvalue weighted by Gasteiger charge is -2.35. The molecule has 13 aromatic rings. The monoisotopic (exact) mass is 902 g/mol. The molecule has 0 N–H and O–H groups in total. The van der Waals surface area contributed by atoms with Crippen molar-refractivity contribution in [3.63, 3.8) is 0 Å². The summed E-state index contributed by atoms with van der Waals surface area (Å²) in [7, 11) is 0. The van der Waals surface area contributed by atoms with Gasteiger partial charge in [0.05, 0.1) is 37.8 Å². The van der Waals surface area contributed by atoms with Gasteiger partial charge < -0.3 is 9.80 Å². The number of para-hydroxylation sites is 1. The van der Waals surface area contributed by atoms with E-state index in [2.05, 4.69) is 246 Å². The maximum Gasteiger partial charge on any atom is 0.0640 e. The number of anilines is 5. The largest absolute Gasteiger partial charge is 0.312 e. The first-order valence-electron chi connectivity index (χ1n) is 23.4. The van der Waals surface area contributed by atoms with Gasteiger partial charge in [-0.05, 0) is 87.6 Å². The van der Waals surface area contributed by atoms with E-state index in [9.17, 15) is 0 Å². The van der Waals surface area contributed by atoms with Crippen LogP contribution in [0.25, 0.3) is 83.8 Å². The highest BCUT2D eigenvalue weighted by atomic mass is 32.1. The van der Waals surface area contributed by atoms with E-state index >= 15 is 0 Å². The number of hydrogen-bond donors (Lipinski definition) is 0. The fraction of sp³-hybridized carbons (Fsp3) is 0.0312. The van der Waals surface area contributed by atoms with Crippen LogP contribution < -0.4 is 9.80 Å². The zero-order valence-corrected chi connectivity index (χ0v) is 38.6. The van der Waals surface area contributed by atoms with Crippen molar-refractivity contribution in [2.24, 2.45) is 0 Å². The van der Waals surface area contributed by atoms with Gasteiger partial charge in [-0.1, -0.05) is 188 Å². The standard InChI is InChI=1S/C64H42N2S2/c1-3-17-41(18-4-1)45-21-7-11-27-53(45)65(57-29-15-25-49-47-23-9-13-31-59(47)67-63(49)57)55-39-35-43-34-38-52-56(40-36-44-33-37-51(55)61(43)62(44)52)66(54-28-12-8-22-46(54)42-19-5-2-6-20-42)58-30-16-26-50-48-24-10-14-32-60(48)68-64(50)58/h1-21,23-40,46H,22H2. The number of benzene rings is 11. The molecule has 320 valence electrons. The third kappa shape index (κ3) is 6.08. The number of nitrogens with zero attached hydrogens (tertiary/aromatic N) is 2. The molecule has 2 nitrogen and oxygen atoms in total. The fourth-order valence-corrected chi connectivity index (χ4v) is 13.6. The van der Waals surface area contributed by atoms with Crippen LogP contribution >= 0.6 is 22.7 Å². The quantitative estimate of drug-likeness (QED) is 0.140. The Kier molecular flexibility index (Phi) is 9.11. The van der Waals surface area contributed by atoms with Crippen LogP contribution in [0.2, 0.25) is 0 Å². The Morgan fingerprint density at radius 2 is 0.868 bits per heavy atom. The Labute approximate surface area is 402 Å². The van der Waals surface area contributed by atoms with E-state index in [-0.39, 0.29) is 5.92 Å².